The zero-order chi connectivity index (χ0) is 19.8. The summed E-state index contributed by atoms with van der Waals surface area (Å²) in [5.41, 5.74) is 4.43. The van der Waals surface area contributed by atoms with Crippen molar-refractivity contribution < 1.29 is 19.4 Å². The Hall–Kier alpha value is -2.62. The van der Waals surface area contributed by atoms with Crippen LogP contribution >= 0.6 is 22.6 Å². The van der Waals surface area contributed by atoms with Gasteiger partial charge < -0.3 is 15.2 Å². The summed E-state index contributed by atoms with van der Waals surface area (Å²) in [5, 5.41) is 16.3. The molecule has 2 aromatic rings. The molecular formula is C19H20IN3O4. The van der Waals surface area contributed by atoms with Crippen LogP contribution in [-0.4, -0.2) is 30.2 Å². The minimum atomic E-state index is -0.400. The third-order valence-corrected chi connectivity index (χ3v) is 4.34. The van der Waals surface area contributed by atoms with Gasteiger partial charge >= 0.3 is 0 Å². The van der Waals surface area contributed by atoms with Crippen molar-refractivity contribution >= 4 is 46.3 Å². The number of nitrogens with zero attached hydrogens (tertiary/aromatic N) is 1. The molecule has 0 unspecified atom stereocenters. The fourth-order valence-electron chi connectivity index (χ4n) is 2.20. The fraction of sp³-hybridized carbons (Fsp3) is 0.211. The van der Waals surface area contributed by atoms with Crippen LogP contribution in [0, 0.1) is 10.5 Å². The maximum atomic E-state index is 12.0. The zero-order valence-electron chi connectivity index (χ0n) is 15.0. The van der Waals surface area contributed by atoms with E-state index in [1.807, 2.05) is 25.1 Å². The average molecular weight is 481 g/mol. The predicted molar refractivity (Wildman–Crippen MR) is 112 cm³/mol. The first-order valence-corrected chi connectivity index (χ1v) is 9.22. The van der Waals surface area contributed by atoms with Crippen LogP contribution in [0.15, 0.2) is 41.5 Å². The number of benzene rings is 2. The molecule has 7 nitrogen and oxygen atoms in total. The SMILES string of the molecule is COc1ccc(O)c(C=NNC(=O)CCC(=O)Nc2ccc(I)cc2C)c1. The molecule has 0 saturated carbocycles. The van der Waals surface area contributed by atoms with Crippen molar-refractivity contribution in [2.24, 2.45) is 5.10 Å². The number of carbonyl (C=O) groups is 2. The second-order valence-electron chi connectivity index (χ2n) is 5.73. The number of aromatic hydroxyl groups is 1. The highest BCUT2D eigenvalue weighted by molar-refractivity contribution is 14.1. The number of hydrazone groups is 1. The van der Waals surface area contributed by atoms with Gasteiger partial charge in [0.05, 0.1) is 13.3 Å². The second kappa shape index (κ2) is 9.91. The van der Waals surface area contributed by atoms with E-state index in [0.29, 0.717) is 11.3 Å². The van der Waals surface area contributed by atoms with Gasteiger partial charge in [-0.2, -0.15) is 5.10 Å². The average Bonchev–Trinajstić information content (AvgIpc) is 2.64. The Morgan fingerprint density at radius 2 is 1.93 bits per heavy atom. The topological polar surface area (TPSA) is 100 Å². The van der Waals surface area contributed by atoms with E-state index in [4.69, 9.17) is 4.74 Å². The summed E-state index contributed by atoms with van der Waals surface area (Å²) < 4.78 is 6.15. The lowest BCUT2D eigenvalue weighted by molar-refractivity contribution is -0.124. The van der Waals surface area contributed by atoms with E-state index >= 15 is 0 Å². The van der Waals surface area contributed by atoms with E-state index in [-0.39, 0.29) is 24.5 Å². The van der Waals surface area contributed by atoms with E-state index in [1.54, 1.807) is 12.1 Å². The number of methoxy groups -OCH3 is 1. The van der Waals surface area contributed by atoms with Gasteiger partial charge in [0.1, 0.15) is 11.5 Å². The first kappa shape index (κ1) is 20.7. The molecule has 0 saturated heterocycles. The number of hydrogen-bond acceptors (Lipinski definition) is 5. The highest BCUT2D eigenvalue weighted by atomic mass is 127. The molecule has 0 atom stereocenters. The molecule has 2 aromatic carbocycles. The summed E-state index contributed by atoms with van der Waals surface area (Å²) in [5.74, 6) is -0.0730. The van der Waals surface area contributed by atoms with Crippen molar-refractivity contribution in [1.82, 2.24) is 5.43 Å². The molecule has 27 heavy (non-hydrogen) atoms. The Kier molecular flexibility index (Phi) is 7.59. The molecule has 0 heterocycles. The molecule has 0 fully saturated rings. The lowest BCUT2D eigenvalue weighted by atomic mass is 10.2. The van der Waals surface area contributed by atoms with Crippen molar-refractivity contribution in [3.8, 4) is 11.5 Å². The highest BCUT2D eigenvalue weighted by Gasteiger charge is 2.08. The number of ether oxygens (including phenoxy) is 1. The van der Waals surface area contributed by atoms with Gasteiger partial charge in [0, 0.05) is 27.7 Å². The minimum absolute atomic E-state index is 0.00329. The third-order valence-electron chi connectivity index (χ3n) is 3.67. The second-order valence-corrected chi connectivity index (χ2v) is 6.97. The Morgan fingerprint density at radius 3 is 2.63 bits per heavy atom. The molecule has 0 aliphatic carbocycles. The Bertz CT molecular complexity index is 868. The monoisotopic (exact) mass is 481 g/mol. The number of carbonyl (C=O) groups excluding carboxylic acids is 2. The Morgan fingerprint density at radius 1 is 1.19 bits per heavy atom. The molecule has 0 bridgehead atoms. The van der Waals surface area contributed by atoms with Crippen LogP contribution in [0.1, 0.15) is 24.0 Å². The van der Waals surface area contributed by atoms with Crippen LogP contribution < -0.4 is 15.5 Å². The summed E-state index contributed by atoms with van der Waals surface area (Å²) in [6.07, 6.45) is 1.35. The number of anilines is 1. The van der Waals surface area contributed by atoms with E-state index in [9.17, 15) is 14.7 Å². The number of rotatable bonds is 7. The van der Waals surface area contributed by atoms with E-state index in [2.05, 4.69) is 38.4 Å². The van der Waals surface area contributed by atoms with Gasteiger partial charge in [0.25, 0.3) is 0 Å². The van der Waals surface area contributed by atoms with Gasteiger partial charge in [-0.05, 0) is 71.5 Å². The quantitative estimate of drug-likeness (QED) is 0.321. The van der Waals surface area contributed by atoms with Crippen LogP contribution in [0.2, 0.25) is 0 Å². The van der Waals surface area contributed by atoms with Crippen molar-refractivity contribution in [3.63, 3.8) is 0 Å². The van der Waals surface area contributed by atoms with Crippen molar-refractivity contribution in [1.29, 1.82) is 0 Å². The number of phenolic OH excluding ortho intramolecular Hbond substituents is 1. The largest absolute Gasteiger partial charge is 0.507 e. The molecule has 8 heteroatoms. The molecular weight excluding hydrogens is 461 g/mol. The minimum Gasteiger partial charge on any atom is -0.507 e. The van der Waals surface area contributed by atoms with E-state index in [0.717, 1.165) is 14.8 Å². The summed E-state index contributed by atoms with van der Waals surface area (Å²) in [7, 11) is 1.51. The molecule has 2 rings (SSSR count). The molecule has 0 aliphatic heterocycles. The van der Waals surface area contributed by atoms with Gasteiger partial charge in [-0.1, -0.05) is 0 Å². The first-order valence-electron chi connectivity index (χ1n) is 8.14. The number of amides is 2. The number of hydrogen-bond donors (Lipinski definition) is 3. The number of phenols is 1. The van der Waals surface area contributed by atoms with Crippen molar-refractivity contribution in [2.75, 3.05) is 12.4 Å². The normalized spacial score (nSPS) is 10.6. The summed E-state index contributed by atoms with van der Waals surface area (Å²) >= 11 is 2.20. The number of halogens is 1. The van der Waals surface area contributed by atoms with Gasteiger partial charge in [0.15, 0.2) is 0 Å². The van der Waals surface area contributed by atoms with Crippen LogP contribution in [0.5, 0.6) is 11.5 Å². The number of aryl methyl sites for hydroxylation is 1. The Labute approximate surface area is 171 Å². The number of nitrogens with one attached hydrogen (secondary N) is 2. The smallest absolute Gasteiger partial charge is 0.240 e. The van der Waals surface area contributed by atoms with Crippen LogP contribution in [0.3, 0.4) is 0 Å². The van der Waals surface area contributed by atoms with Gasteiger partial charge in [-0.15, -0.1) is 0 Å². The molecule has 0 aliphatic rings. The van der Waals surface area contributed by atoms with Crippen LogP contribution in [0.25, 0.3) is 0 Å². The van der Waals surface area contributed by atoms with Gasteiger partial charge in [-0.25, -0.2) is 5.43 Å². The van der Waals surface area contributed by atoms with E-state index in [1.165, 1.54) is 19.4 Å². The molecule has 0 aromatic heterocycles. The van der Waals surface area contributed by atoms with Gasteiger partial charge in [0.2, 0.25) is 11.8 Å². The summed E-state index contributed by atoms with van der Waals surface area (Å²) in [6, 6.07) is 10.4. The standard InChI is InChI=1S/C19H20IN3O4/c1-12-9-14(20)3-5-16(12)22-18(25)7-8-19(26)23-21-11-13-10-15(27-2)4-6-17(13)24/h3-6,9-11,24H,7-8H2,1-2H3,(H,22,25)(H,23,26). The maximum Gasteiger partial charge on any atom is 0.240 e. The molecule has 2 amide bonds. The summed E-state index contributed by atoms with van der Waals surface area (Å²) in [6.45, 7) is 1.91. The highest BCUT2D eigenvalue weighted by Crippen LogP contribution is 2.21. The molecule has 0 radical (unpaired) electrons. The third kappa shape index (κ3) is 6.55. The van der Waals surface area contributed by atoms with Crippen molar-refractivity contribution in [2.45, 2.75) is 19.8 Å². The maximum absolute atomic E-state index is 12.0. The van der Waals surface area contributed by atoms with Crippen LogP contribution in [0.4, 0.5) is 5.69 Å². The van der Waals surface area contributed by atoms with Gasteiger partial charge in [-0.3, -0.25) is 9.59 Å². The molecule has 3 N–H and O–H groups in total. The lowest BCUT2D eigenvalue weighted by Crippen LogP contribution is -2.20. The lowest BCUT2D eigenvalue weighted by Gasteiger charge is -2.08. The first-order chi connectivity index (χ1) is 12.9. The fourth-order valence-corrected chi connectivity index (χ4v) is 2.85. The van der Waals surface area contributed by atoms with Crippen molar-refractivity contribution in [3.05, 3.63) is 51.1 Å². The predicted octanol–water partition coefficient (Wildman–Crippen LogP) is 3.18. The Balaban J connectivity index is 1.81. The van der Waals surface area contributed by atoms with Crippen LogP contribution in [-0.2, 0) is 9.59 Å². The molecule has 0 spiro atoms. The molecule has 142 valence electrons. The zero-order valence-corrected chi connectivity index (χ0v) is 17.1. The summed E-state index contributed by atoms with van der Waals surface area (Å²) in [4.78, 5) is 23.8. The van der Waals surface area contributed by atoms with E-state index < -0.39 is 5.91 Å².